The lowest BCUT2D eigenvalue weighted by Gasteiger charge is -2.43. The van der Waals surface area contributed by atoms with Crippen LogP contribution in [-0.2, 0) is 42.8 Å². The minimum Gasteiger partial charge on any atom is -0.460 e. The quantitative estimate of drug-likeness (QED) is 0.0910. The molecule has 15 atom stereocenters. The van der Waals surface area contributed by atoms with Gasteiger partial charge in [0.05, 0.1) is 38.7 Å². The Labute approximate surface area is 385 Å². The van der Waals surface area contributed by atoms with E-state index in [4.69, 9.17) is 66.2 Å². The molecule has 5 rings (SSSR count). The zero-order valence-corrected chi connectivity index (χ0v) is 38.8. The maximum absolute atomic E-state index is 11.5. The number of non-ortho nitro benzene ring substituents is 2. The van der Waals surface area contributed by atoms with Gasteiger partial charge in [0.25, 0.3) is 11.4 Å². The van der Waals surface area contributed by atoms with Gasteiger partial charge < -0.3 is 58.3 Å². The van der Waals surface area contributed by atoms with E-state index in [2.05, 4.69) is 6.92 Å². The molecular formula is C42H58Cl2N2O19. The van der Waals surface area contributed by atoms with Crippen LogP contribution in [0.2, 0.25) is 10.0 Å². The Bertz CT molecular complexity index is 1940. The summed E-state index contributed by atoms with van der Waals surface area (Å²) in [6.45, 7) is 15.5. The van der Waals surface area contributed by atoms with Crippen molar-refractivity contribution in [3.05, 3.63) is 66.7 Å². The highest BCUT2D eigenvalue weighted by Crippen LogP contribution is 2.38. The van der Waals surface area contributed by atoms with Crippen molar-refractivity contribution >= 4 is 52.5 Å². The van der Waals surface area contributed by atoms with Crippen LogP contribution in [0.4, 0.5) is 11.4 Å². The number of ether oxygens (including phenoxy) is 8. The molecular weight excluding hydrogens is 907 g/mol. The summed E-state index contributed by atoms with van der Waals surface area (Å²) in [6, 6.07) is 7.34. The second-order valence-electron chi connectivity index (χ2n) is 15.8. The van der Waals surface area contributed by atoms with E-state index in [0.29, 0.717) is 0 Å². The number of hydrogen-bond acceptors (Lipinski definition) is 19. The number of carbonyl (C=O) groups excluding carboxylic acids is 3. The summed E-state index contributed by atoms with van der Waals surface area (Å²) in [6.07, 6.45) is -8.42. The van der Waals surface area contributed by atoms with E-state index in [-0.39, 0.29) is 68.8 Å². The van der Waals surface area contributed by atoms with Crippen LogP contribution < -0.4 is 9.47 Å². The van der Waals surface area contributed by atoms with Crippen molar-refractivity contribution in [2.45, 2.75) is 143 Å². The first-order valence-corrected chi connectivity index (χ1v) is 21.6. The lowest BCUT2D eigenvalue weighted by atomic mass is 9.82. The molecule has 21 nitrogen and oxygen atoms in total. The summed E-state index contributed by atoms with van der Waals surface area (Å²) < 4.78 is 43.7. The normalized spacial score (nSPS) is 31.9. The third-order valence-electron chi connectivity index (χ3n) is 11.3. The highest BCUT2D eigenvalue weighted by Gasteiger charge is 2.47. The summed E-state index contributed by atoms with van der Waals surface area (Å²) in [5, 5.41) is 59.6. The monoisotopic (exact) mass is 964 g/mol. The maximum atomic E-state index is 11.5. The van der Waals surface area contributed by atoms with Crippen LogP contribution in [0.5, 0.6) is 11.5 Å². The Kier molecular flexibility index (Phi) is 21.0. The Morgan fingerprint density at radius 1 is 0.600 bits per heavy atom. The van der Waals surface area contributed by atoms with Gasteiger partial charge in [-0.25, -0.2) is 0 Å². The van der Waals surface area contributed by atoms with Gasteiger partial charge in [-0.3, -0.25) is 34.6 Å². The fourth-order valence-electron chi connectivity index (χ4n) is 7.33. The highest BCUT2D eigenvalue weighted by atomic mass is 35.5. The molecule has 4 N–H and O–H groups in total. The first kappa shape index (κ1) is 54.9. The van der Waals surface area contributed by atoms with Crippen LogP contribution in [0.15, 0.2) is 36.4 Å². The minimum absolute atomic E-state index is 0.0103. The number of benzene rings is 2. The first-order valence-electron chi connectivity index (χ1n) is 20.8. The van der Waals surface area contributed by atoms with Crippen molar-refractivity contribution in [2.75, 3.05) is 6.61 Å². The van der Waals surface area contributed by atoms with Gasteiger partial charge in [-0.05, 0) is 36.8 Å². The SMILES string of the molecule is CCC1OC(OC(C)=O)C(OC(C)=O)[C@@H](C)[C@H]1C.CCC1O[C@H](Oc2ccc([N+](=O)[O-])cc2Cl)C(OC(C)=O)[C@@H](C)[C@H]1C.O=[N+]([O-])c1ccc(O[C@H]2OC(CO)[C@H](O)[C@H](O)C2O)c(Cl)c1. The number of rotatable bonds is 12. The van der Waals surface area contributed by atoms with Crippen LogP contribution in [0.3, 0.4) is 0 Å². The summed E-state index contributed by atoms with van der Waals surface area (Å²) in [5.74, 6) is -0.508. The summed E-state index contributed by atoms with van der Waals surface area (Å²) in [4.78, 5) is 53.9. The topological polar surface area (TPSA) is 292 Å². The zero-order valence-electron chi connectivity index (χ0n) is 37.3. The average molecular weight is 966 g/mol. The van der Waals surface area contributed by atoms with Crippen molar-refractivity contribution in [1.29, 1.82) is 0 Å². The number of halogens is 2. The number of esters is 3. The molecule has 3 aliphatic rings. The summed E-state index contributed by atoms with van der Waals surface area (Å²) in [5.41, 5.74) is -0.377. The van der Waals surface area contributed by atoms with E-state index >= 15 is 0 Å². The van der Waals surface area contributed by atoms with Gasteiger partial charge in [-0.1, -0.05) is 64.7 Å². The molecule has 23 heteroatoms. The number of nitrogens with zero attached hydrogens (tertiary/aromatic N) is 2. The third kappa shape index (κ3) is 14.8. The molecule has 3 aliphatic heterocycles. The van der Waals surface area contributed by atoms with E-state index in [9.17, 15) is 49.9 Å². The molecule has 2 aromatic carbocycles. The van der Waals surface area contributed by atoms with Gasteiger partial charge in [0.1, 0.15) is 35.9 Å². The molecule has 0 aromatic heterocycles. The van der Waals surface area contributed by atoms with Gasteiger partial charge >= 0.3 is 17.9 Å². The van der Waals surface area contributed by atoms with Gasteiger partial charge in [-0.2, -0.15) is 0 Å². The standard InChI is InChI=1S/C17H22ClNO6.C13H22O5.C12H14ClNO8/c1-5-14-9(2)10(3)16(23-11(4)20)17(24-14)25-15-7-6-12(19(21)22)8-13(15)18;1-6-11-7(2)8(3)12(16-9(4)14)13(18-11)17-10(5)15;13-6-3-5(14(19)20)1-2-7(6)21-12-11(18)10(17)9(16)8(4-15)22-12/h6-10,14,16-17H,5H2,1-4H3;7-8,11-13H,6H2,1-5H3;1-3,8-12,15-18H,4H2/t9-,10+,14?,16?,17-;7-,8+,11?,12?,13?;8?,9-,10-,11?,12-/m110/s1. The van der Waals surface area contributed by atoms with Crippen LogP contribution in [-0.4, -0.2) is 122 Å². The number of nitro benzene ring substituents is 2. The molecule has 65 heavy (non-hydrogen) atoms. The van der Waals surface area contributed by atoms with E-state index in [1.54, 1.807) is 0 Å². The molecule has 0 saturated carbocycles. The van der Waals surface area contributed by atoms with Crippen LogP contribution in [0, 0.1) is 43.9 Å². The number of nitro groups is 2. The zero-order chi connectivity index (χ0) is 49.0. The summed E-state index contributed by atoms with van der Waals surface area (Å²) >= 11 is 11.9. The fourth-order valence-corrected chi connectivity index (χ4v) is 7.77. The fraction of sp³-hybridized carbons (Fsp3) is 0.643. The molecule has 3 heterocycles. The smallest absolute Gasteiger partial charge is 0.305 e. The molecule has 0 amide bonds. The molecule has 0 aliphatic carbocycles. The van der Waals surface area contributed by atoms with E-state index in [1.807, 2.05) is 34.6 Å². The molecule has 0 bridgehead atoms. The van der Waals surface area contributed by atoms with Gasteiger partial charge in [0.2, 0.25) is 18.9 Å². The maximum Gasteiger partial charge on any atom is 0.305 e. The third-order valence-corrected chi connectivity index (χ3v) is 11.9. The van der Waals surface area contributed by atoms with Crippen molar-refractivity contribution in [2.24, 2.45) is 23.7 Å². The van der Waals surface area contributed by atoms with Gasteiger partial charge in [0, 0.05) is 56.9 Å². The Morgan fingerprint density at radius 2 is 0.985 bits per heavy atom. The van der Waals surface area contributed by atoms with Gasteiger partial charge in [0.15, 0.2) is 12.2 Å². The number of aliphatic hydroxyl groups is 4. The predicted octanol–water partition coefficient (Wildman–Crippen LogP) is 5.28. The predicted molar refractivity (Wildman–Crippen MR) is 229 cm³/mol. The average Bonchev–Trinajstić information content (AvgIpc) is 3.24. The van der Waals surface area contributed by atoms with E-state index in [0.717, 1.165) is 25.0 Å². The number of aliphatic hydroxyl groups excluding tert-OH is 4. The lowest BCUT2D eigenvalue weighted by molar-refractivity contribution is -0.385. The Hall–Kier alpha value is -4.45. The van der Waals surface area contributed by atoms with Gasteiger partial charge in [-0.15, -0.1) is 0 Å². The molecule has 0 radical (unpaired) electrons. The van der Waals surface area contributed by atoms with Crippen LogP contribution >= 0.6 is 23.2 Å². The molecule has 3 saturated heterocycles. The number of hydrogen-bond donors (Lipinski definition) is 4. The van der Waals surface area contributed by atoms with Crippen LogP contribution in [0.1, 0.15) is 75.2 Å². The first-order chi connectivity index (χ1) is 30.4. The molecule has 7 unspecified atom stereocenters. The van der Waals surface area contributed by atoms with Crippen molar-refractivity contribution in [3.8, 4) is 11.5 Å². The lowest BCUT2D eigenvalue weighted by Crippen LogP contribution is -2.60. The van der Waals surface area contributed by atoms with Crippen molar-refractivity contribution in [1.82, 2.24) is 0 Å². The molecule has 364 valence electrons. The Balaban J connectivity index is 0.000000263. The molecule has 0 spiro atoms. The number of carbonyl (C=O) groups is 3. The molecule has 2 aromatic rings. The van der Waals surface area contributed by atoms with Crippen LogP contribution in [0.25, 0.3) is 0 Å². The highest BCUT2D eigenvalue weighted by molar-refractivity contribution is 6.32. The van der Waals surface area contributed by atoms with E-state index < -0.39 is 89.9 Å². The summed E-state index contributed by atoms with van der Waals surface area (Å²) in [7, 11) is 0. The van der Waals surface area contributed by atoms with E-state index in [1.165, 1.54) is 45.0 Å². The second-order valence-corrected chi connectivity index (χ2v) is 16.6. The largest absolute Gasteiger partial charge is 0.460 e. The second kappa shape index (κ2) is 24.9. The minimum atomic E-state index is -1.59. The van der Waals surface area contributed by atoms with Crippen molar-refractivity contribution in [3.63, 3.8) is 0 Å². The molecule has 3 fully saturated rings. The van der Waals surface area contributed by atoms with Crippen molar-refractivity contribution < 1.29 is 82.6 Å². The Morgan fingerprint density at radius 3 is 1.35 bits per heavy atom.